The molecule has 0 saturated carbocycles. The summed E-state index contributed by atoms with van der Waals surface area (Å²) >= 11 is 1.08. The summed E-state index contributed by atoms with van der Waals surface area (Å²) in [5.41, 5.74) is 1.46. The Labute approximate surface area is 156 Å². The Kier molecular flexibility index (Phi) is 5.41. The SMILES string of the molecule is Cc1ccccc1[C@]1(O)CCN(CCC(=O)Nc2ccsc2C(=O)O)C1. The van der Waals surface area contributed by atoms with E-state index in [9.17, 15) is 14.7 Å². The Morgan fingerprint density at radius 3 is 2.81 bits per heavy atom. The summed E-state index contributed by atoms with van der Waals surface area (Å²) in [7, 11) is 0. The number of likely N-dealkylation sites (tertiary alicyclic amines) is 1. The Bertz CT molecular complexity index is 819. The number of β-amino-alcohol motifs (C(OH)–C–C–N with tert-alkyl or cyclic N) is 1. The minimum atomic E-state index is -1.04. The number of carboxylic acids is 1. The summed E-state index contributed by atoms with van der Waals surface area (Å²) in [5.74, 6) is -1.27. The predicted octanol–water partition coefficient (Wildman–Crippen LogP) is 2.68. The second-order valence-electron chi connectivity index (χ2n) is 6.64. The summed E-state index contributed by atoms with van der Waals surface area (Å²) in [4.78, 5) is 25.4. The number of benzene rings is 1. The molecule has 0 aliphatic carbocycles. The minimum Gasteiger partial charge on any atom is -0.477 e. The van der Waals surface area contributed by atoms with E-state index in [0.717, 1.165) is 29.0 Å². The van der Waals surface area contributed by atoms with Gasteiger partial charge in [-0.3, -0.25) is 9.69 Å². The molecule has 0 radical (unpaired) electrons. The Morgan fingerprint density at radius 1 is 1.31 bits per heavy atom. The summed E-state index contributed by atoms with van der Waals surface area (Å²) in [6.45, 7) is 3.72. The van der Waals surface area contributed by atoms with Crippen molar-refractivity contribution in [1.82, 2.24) is 4.90 Å². The lowest BCUT2D eigenvalue weighted by Gasteiger charge is -2.25. The first-order chi connectivity index (χ1) is 12.4. The molecule has 26 heavy (non-hydrogen) atoms. The molecule has 3 N–H and O–H groups in total. The lowest BCUT2D eigenvalue weighted by molar-refractivity contribution is -0.116. The number of hydrogen-bond donors (Lipinski definition) is 3. The van der Waals surface area contributed by atoms with Gasteiger partial charge < -0.3 is 15.5 Å². The van der Waals surface area contributed by atoms with Crippen molar-refractivity contribution < 1.29 is 19.8 Å². The van der Waals surface area contributed by atoms with Gasteiger partial charge in [-0.05, 0) is 35.9 Å². The Balaban J connectivity index is 1.55. The smallest absolute Gasteiger partial charge is 0.348 e. The standard InChI is InChI=1S/C19H22N2O4S/c1-13-4-2-3-5-14(13)19(25)8-10-21(12-19)9-6-16(22)20-15-7-11-26-17(15)18(23)24/h2-5,7,11,25H,6,8-10,12H2,1H3,(H,20,22)(H,23,24)/t19-/m0/s1. The van der Waals surface area contributed by atoms with Crippen molar-refractivity contribution >= 4 is 28.9 Å². The van der Waals surface area contributed by atoms with Crippen LogP contribution in [-0.4, -0.2) is 46.6 Å². The molecule has 0 unspecified atom stereocenters. The van der Waals surface area contributed by atoms with Crippen molar-refractivity contribution in [2.45, 2.75) is 25.4 Å². The van der Waals surface area contributed by atoms with E-state index in [1.165, 1.54) is 0 Å². The van der Waals surface area contributed by atoms with Crippen LogP contribution in [0.5, 0.6) is 0 Å². The first-order valence-electron chi connectivity index (χ1n) is 8.50. The number of amides is 1. The number of thiophene rings is 1. The maximum Gasteiger partial charge on any atom is 0.348 e. The van der Waals surface area contributed by atoms with Gasteiger partial charge >= 0.3 is 5.97 Å². The molecule has 1 amide bonds. The van der Waals surface area contributed by atoms with Crippen molar-refractivity contribution in [2.75, 3.05) is 25.0 Å². The monoisotopic (exact) mass is 374 g/mol. The molecule has 1 aromatic heterocycles. The fraction of sp³-hybridized carbons (Fsp3) is 0.368. The summed E-state index contributed by atoms with van der Waals surface area (Å²) < 4.78 is 0. The number of nitrogens with zero attached hydrogens (tertiary/aromatic N) is 1. The van der Waals surface area contributed by atoms with E-state index < -0.39 is 11.6 Å². The quantitative estimate of drug-likeness (QED) is 0.723. The minimum absolute atomic E-state index is 0.133. The molecular weight excluding hydrogens is 352 g/mol. The third-order valence-corrected chi connectivity index (χ3v) is 5.66. The van der Waals surface area contributed by atoms with Crippen LogP contribution in [0, 0.1) is 6.92 Å². The van der Waals surface area contributed by atoms with E-state index in [1.54, 1.807) is 11.4 Å². The number of carbonyl (C=O) groups is 2. The number of nitrogens with one attached hydrogen (secondary N) is 1. The number of aryl methyl sites for hydroxylation is 1. The van der Waals surface area contributed by atoms with Crippen LogP contribution in [0.2, 0.25) is 0 Å². The lowest BCUT2D eigenvalue weighted by Crippen LogP contribution is -2.33. The van der Waals surface area contributed by atoms with Gasteiger partial charge in [0.1, 0.15) is 10.5 Å². The fourth-order valence-electron chi connectivity index (χ4n) is 3.42. The van der Waals surface area contributed by atoms with E-state index in [0.29, 0.717) is 25.2 Å². The van der Waals surface area contributed by atoms with Crippen LogP contribution in [0.15, 0.2) is 35.7 Å². The number of carboxylic acid groups (broad SMARTS) is 1. The molecule has 3 rings (SSSR count). The molecule has 7 heteroatoms. The number of aliphatic hydroxyl groups is 1. The van der Waals surface area contributed by atoms with E-state index in [4.69, 9.17) is 5.11 Å². The summed E-state index contributed by atoms with van der Waals surface area (Å²) in [6.07, 6.45) is 0.881. The summed E-state index contributed by atoms with van der Waals surface area (Å²) in [6, 6.07) is 9.42. The Hall–Kier alpha value is -2.22. The van der Waals surface area contributed by atoms with Crippen LogP contribution in [0.1, 0.15) is 33.6 Å². The van der Waals surface area contributed by atoms with Crippen molar-refractivity contribution in [3.8, 4) is 0 Å². The average Bonchev–Trinajstić information content (AvgIpc) is 3.21. The van der Waals surface area contributed by atoms with Gasteiger partial charge in [0.15, 0.2) is 0 Å². The highest BCUT2D eigenvalue weighted by Crippen LogP contribution is 2.33. The van der Waals surface area contributed by atoms with Gasteiger partial charge in [-0.15, -0.1) is 11.3 Å². The lowest BCUT2D eigenvalue weighted by atomic mass is 9.89. The van der Waals surface area contributed by atoms with Gasteiger partial charge in [0, 0.05) is 26.1 Å². The van der Waals surface area contributed by atoms with Crippen LogP contribution in [-0.2, 0) is 10.4 Å². The molecular formula is C19H22N2O4S. The molecule has 1 atom stereocenters. The van der Waals surface area contributed by atoms with Gasteiger partial charge in [-0.25, -0.2) is 4.79 Å². The van der Waals surface area contributed by atoms with E-state index in [2.05, 4.69) is 10.2 Å². The molecule has 1 fully saturated rings. The van der Waals surface area contributed by atoms with Crippen molar-refractivity contribution in [1.29, 1.82) is 0 Å². The topological polar surface area (TPSA) is 89.9 Å². The van der Waals surface area contributed by atoms with E-state index in [1.807, 2.05) is 31.2 Å². The third-order valence-electron chi connectivity index (χ3n) is 4.76. The zero-order valence-corrected chi connectivity index (χ0v) is 15.4. The molecule has 0 spiro atoms. The van der Waals surface area contributed by atoms with Gasteiger partial charge in [-0.2, -0.15) is 0 Å². The zero-order valence-electron chi connectivity index (χ0n) is 14.6. The molecule has 6 nitrogen and oxygen atoms in total. The van der Waals surface area contributed by atoms with E-state index in [-0.39, 0.29) is 17.2 Å². The molecule has 1 aliphatic heterocycles. The number of aromatic carboxylic acids is 1. The summed E-state index contributed by atoms with van der Waals surface area (Å²) in [5, 5.41) is 24.4. The maximum atomic E-state index is 12.1. The highest BCUT2D eigenvalue weighted by Gasteiger charge is 2.38. The molecule has 1 aromatic carbocycles. The van der Waals surface area contributed by atoms with Crippen molar-refractivity contribution in [2.24, 2.45) is 0 Å². The normalized spacial score (nSPS) is 20.2. The van der Waals surface area contributed by atoms with E-state index >= 15 is 0 Å². The number of rotatable bonds is 6. The zero-order chi connectivity index (χ0) is 18.7. The number of carbonyl (C=O) groups excluding carboxylic acids is 1. The second-order valence-corrected chi connectivity index (χ2v) is 7.56. The highest BCUT2D eigenvalue weighted by molar-refractivity contribution is 7.12. The average molecular weight is 374 g/mol. The van der Waals surface area contributed by atoms with Crippen LogP contribution >= 0.6 is 11.3 Å². The molecule has 1 aliphatic rings. The first-order valence-corrected chi connectivity index (χ1v) is 9.38. The number of anilines is 1. The fourth-order valence-corrected chi connectivity index (χ4v) is 4.11. The van der Waals surface area contributed by atoms with Gasteiger partial charge in [0.2, 0.25) is 5.91 Å². The Morgan fingerprint density at radius 2 is 2.08 bits per heavy atom. The molecule has 2 heterocycles. The predicted molar refractivity (Wildman–Crippen MR) is 101 cm³/mol. The molecule has 1 saturated heterocycles. The van der Waals surface area contributed by atoms with Crippen molar-refractivity contribution in [3.05, 3.63) is 51.7 Å². The first kappa shape index (κ1) is 18.6. The largest absolute Gasteiger partial charge is 0.477 e. The molecule has 0 bridgehead atoms. The number of hydrogen-bond acceptors (Lipinski definition) is 5. The third kappa shape index (κ3) is 3.95. The molecule has 2 aromatic rings. The van der Waals surface area contributed by atoms with Crippen LogP contribution in [0.3, 0.4) is 0 Å². The van der Waals surface area contributed by atoms with Gasteiger partial charge in [0.05, 0.1) is 5.69 Å². The van der Waals surface area contributed by atoms with Gasteiger partial charge in [-0.1, -0.05) is 24.3 Å². The van der Waals surface area contributed by atoms with Crippen molar-refractivity contribution in [3.63, 3.8) is 0 Å². The van der Waals surface area contributed by atoms with Crippen LogP contribution in [0.4, 0.5) is 5.69 Å². The van der Waals surface area contributed by atoms with Crippen LogP contribution < -0.4 is 5.32 Å². The van der Waals surface area contributed by atoms with Crippen LogP contribution in [0.25, 0.3) is 0 Å². The van der Waals surface area contributed by atoms with Gasteiger partial charge in [0.25, 0.3) is 0 Å². The second kappa shape index (κ2) is 7.57. The highest BCUT2D eigenvalue weighted by atomic mass is 32.1. The maximum absolute atomic E-state index is 12.1. The molecule has 138 valence electrons.